The number of nitrogens with one attached hydrogen (secondary N) is 1. The molecule has 0 bridgehead atoms. The van der Waals surface area contributed by atoms with Crippen LogP contribution in [0.2, 0.25) is 15.1 Å². The summed E-state index contributed by atoms with van der Waals surface area (Å²) >= 11 is 21.5. The predicted octanol–water partition coefficient (Wildman–Crippen LogP) is 4.94. The van der Waals surface area contributed by atoms with Crippen LogP contribution >= 0.6 is 50.7 Å². The molecule has 29 heavy (non-hydrogen) atoms. The highest BCUT2D eigenvalue weighted by molar-refractivity contribution is 9.10. The number of amides is 2. The first-order valence-corrected chi connectivity index (χ1v) is 10.3. The first-order valence-electron chi connectivity index (χ1n) is 8.42. The molecule has 0 aromatic heterocycles. The second-order valence-corrected chi connectivity index (χ2v) is 8.37. The van der Waals surface area contributed by atoms with E-state index in [1.807, 2.05) is 0 Å². The summed E-state index contributed by atoms with van der Waals surface area (Å²) in [5, 5.41) is 3.45. The molecule has 6 nitrogen and oxygen atoms in total. The van der Waals surface area contributed by atoms with Gasteiger partial charge in [0.15, 0.2) is 6.61 Å². The molecule has 1 saturated heterocycles. The lowest BCUT2D eigenvalue weighted by atomic mass is 10.1. The molecule has 152 valence electrons. The van der Waals surface area contributed by atoms with E-state index in [4.69, 9.17) is 39.5 Å². The zero-order valence-corrected chi connectivity index (χ0v) is 18.6. The predicted molar refractivity (Wildman–Crippen MR) is 116 cm³/mol. The van der Waals surface area contributed by atoms with Crippen molar-refractivity contribution in [2.75, 3.05) is 23.4 Å². The minimum absolute atomic E-state index is 0.0398. The second kappa shape index (κ2) is 9.34. The average Bonchev–Trinajstić information content (AvgIpc) is 3.06. The van der Waals surface area contributed by atoms with Gasteiger partial charge in [-0.25, -0.2) is 0 Å². The second-order valence-electron chi connectivity index (χ2n) is 6.26. The topological polar surface area (TPSA) is 75.7 Å². The molecule has 1 N–H and O–H groups in total. The van der Waals surface area contributed by atoms with E-state index in [0.717, 1.165) is 4.47 Å². The maximum absolute atomic E-state index is 12.3. The van der Waals surface area contributed by atoms with E-state index in [2.05, 4.69) is 21.2 Å². The molecular formula is C19H14BrCl3N2O4. The molecule has 1 atom stereocenters. The van der Waals surface area contributed by atoms with Crippen LogP contribution in [-0.2, 0) is 19.1 Å². The molecular weight excluding hydrogens is 506 g/mol. The Balaban J connectivity index is 1.56. The Kier molecular flexibility index (Phi) is 7.05. The molecule has 1 aliphatic rings. The highest BCUT2D eigenvalue weighted by atomic mass is 79.9. The largest absolute Gasteiger partial charge is 0.455 e. The maximum atomic E-state index is 12.3. The van der Waals surface area contributed by atoms with Gasteiger partial charge in [0, 0.05) is 17.4 Å². The van der Waals surface area contributed by atoms with Crippen molar-refractivity contribution >= 4 is 79.9 Å². The van der Waals surface area contributed by atoms with Gasteiger partial charge in [0.1, 0.15) is 0 Å². The van der Waals surface area contributed by atoms with Gasteiger partial charge in [-0.3, -0.25) is 14.4 Å². The van der Waals surface area contributed by atoms with E-state index in [9.17, 15) is 14.4 Å². The Morgan fingerprint density at radius 2 is 1.93 bits per heavy atom. The Morgan fingerprint density at radius 3 is 2.66 bits per heavy atom. The van der Waals surface area contributed by atoms with E-state index < -0.39 is 24.4 Å². The van der Waals surface area contributed by atoms with Crippen LogP contribution in [0.3, 0.4) is 0 Å². The van der Waals surface area contributed by atoms with Crippen molar-refractivity contribution in [1.29, 1.82) is 0 Å². The standard InChI is InChI=1S/C19H14BrCl3N2O4/c20-11-4-5-14(13(22)7-11)24-16(26)9-29-19(28)10-6-17(27)25(8-10)15-3-1-2-12(21)18(15)23/h1-5,7,10H,6,8-9H2,(H,24,26)/t10-/m0/s1. The quantitative estimate of drug-likeness (QED) is 0.567. The lowest BCUT2D eigenvalue weighted by Gasteiger charge is -2.18. The SMILES string of the molecule is O=C(COC(=O)[C@H]1CC(=O)N(c2cccc(Cl)c2Cl)C1)Nc1ccc(Br)cc1Cl. The van der Waals surface area contributed by atoms with Crippen LogP contribution < -0.4 is 10.2 Å². The van der Waals surface area contributed by atoms with Crippen LogP contribution in [0.5, 0.6) is 0 Å². The zero-order chi connectivity index (χ0) is 21.1. The van der Waals surface area contributed by atoms with Crippen molar-refractivity contribution in [2.45, 2.75) is 6.42 Å². The van der Waals surface area contributed by atoms with Crippen molar-refractivity contribution in [1.82, 2.24) is 0 Å². The fourth-order valence-corrected chi connectivity index (χ4v) is 3.95. The molecule has 1 heterocycles. The molecule has 0 saturated carbocycles. The van der Waals surface area contributed by atoms with Crippen molar-refractivity contribution in [2.24, 2.45) is 5.92 Å². The maximum Gasteiger partial charge on any atom is 0.311 e. The molecule has 3 rings (SSSR count). The molecule has 0 spiro atoms. The van der Waals surface area contributed by atoms with Crippen molar-refractivity contribution in [3.63, 3.8) is 0 Å². The molecule has 1 fully saturated rings. The number of carbonyl (C=O) groups excluding carboxylic acids is 3. The number of nitrogens with zero attached hydrogens (tertiary/aromatic N) is 1. The molecule has 10 heteroatoms. The normalized spacial score (nSPS) is 16.1. The van der Waals surface area contributed by atoms with Crippen LogP contribution in [0, 0.1) is 5.92 Å². The molecule has 2 aromatic carbocycles. The van der Waals surface area contributed by atoms with Crippen molar-refractivity contribution < 1.29 is 19.1 Å². The van der Waals surface area contributed by atoms with Crippen molar-refractivity contribution in [3.05, 3.63) is 55.9 Å². The van der Waals surface area contributed by atoms with Gasteiger partial charge in [-0.2, -0.15) is 0 Å². The molecule has 2 aromatic rings. The molecule has 0 radical (unpaired) electrons. The molecule has 0 aliphatic carbocycles. The molecule has 1 aliphatic heterocycles. The number of ether oxygens (including phenoxy) is 1. The molecule has 0 unspecified atom stereocenters. The van der Waals surface area contributed by atoms with Gasteiger partial charge in [-0.15, -0.1) is 0 Å². The summed E-state index contributed by atoms with van der Waals surface area (Å²) in [6.45, 7) is -0.397. The summed E-state index contributed by atoms with van der Waals surface area (Å²) in [5.74, 6) is -2.17. The minimum atomic E-state index is -0.707. The summed E-state index contributed by atoms with van der Waals surface area (Å²) < 4.78 is 5.83. The summed E-state index contributed by atoms with van der Waals surface area (Å²) in [5.41, 5.74) is 0.829. The Hall–Kier alpha value is -1.80. The van der Waals surface area contributed by atoms with Crippen LogP contribution in [-0.4, -0.2) is 30.9 Å². The van der Waals surface area contributed by atoms with Gasteiger partial charge >= 0.3 is 5.97 Å². The van der Waals surface area contributed by atoms with E-state index in [1.54, 1.807) is 36.4 Å². The third kappa shape index (κ3) is 5.22. The van der Waals surface area contributed by atoms with Gasteiger partial charge in [-0.1, -0.05) is 56.8 Å². The lowest BCUT2D eigenvalue weighted by molar-refractivity contribution is -0.151. The number of anilines is 2. The number of hydrogen-bond acceptors (Lipinski definition) is 4. The third-order valence-corrected chi connectivity index (χ3v) is 5.85. The number of hydrogen-bond donors (Lipinski definition) is 1. The van der Waals surface area contributed by atoms with Gasteiger partial charge < -0.3 is 15.0 Å². The summed E-state index contributed by atoms with van der Waals surface area (Å²) in [7, 11) is 0. The third-order valence-electron chi connectivity index (χ3n) is 4.23. The smallest absolute Gasteiger partial charge is 0.311 e. The summed E-state index contributed by atoms with van der Waals surface area (Å²) in [6.07, 6.45) is -0.0398. The Labute approximate surface area is 190 Å². The van der Waals surface area contributed by atoms with Gasteiger partial charge in [-0.05, 0) is 30.3 Å². The number of benzene rings is 2. The highest BCUT2D eigenvalue weighted by Gasteiger charge is 2.37. The van der Waals surface area contributed by atoms with Crippen LogP contribution in [0.15, 0.2) is 40.9 Å². The van der Waals surface area contributed by atoms with Gasteiger partial charge in [0.05, 0.1) is 32.4 Å². The number of esters is 1. The Morgan fingerprint density at radius 1 is 1.17 bits per heavy atom. The van der Waals surface area contributed by atoms with Crippen LogP contribution in [0.1, 0.15) is 6.42 Å². The molecule has 2 amide bonds. The minimum Gasteiger partial charge on any atom is -0.455 e. The highest BCUT2D eigenvalue weighted by Crippen LogP contribution is 2.36. The summed E-state index contributed by atoms with van der Waals surface area (Å²) in [6, 6.07) is 9.88. The fourth-order valence-electron chi connectivity index (χ4n) is 2.83. The number of carbonyl (C=O) groups is 3. The Bertz CT molecular complexity index is 986. The van der Waals surface area contributed by atoms with E-state index >= 15 is 0 Å². The zero-order valence-electron chi connectivity index (χ0n) is 14.8. The fraction of sp³-hybridized carbons (Fsp3) is 0.211. The lowest BCUT2D eigenvalue weighted by Crippen LogP contribution is -2.28. The van der Waals surface area contributed by atoms with Crippen molar-refractivity contribution in [3.8, 4) is 0 Å². The number of halogens is 4. The first kappa shape index (κ1) is 21.9. The first-order chi connectivity index (χ1) is 13.8. The van der Waals surface area contributed by atoms with Gasteiger partial charge in [0.2, 0.25) is 5.91 Å². The average molecular weight is 521 g/mol. The van der Waals surface area contributed by atoms with E-state index in [0.29, 0.717) is 21.4 Å². The van der Waals surface area contributed by atoms with Gasteiger partial charge in [0.25, 0.3) is 5.91 Å². The van der Waals surface area contributed by atoms with Crippen LogP contribution in [0.4, 0.5) is 11.4 Å². The van der Waals surface area contributed by atoms with E-state index in [-0.39, 0.29) is 23.9 Å². The van der Waals surface area contributed by atoms with E-state index in [1.165, 1.54) is 4.90 Å². The number of rotatable bonds is 5. The summed E-state index contributed by atoms with van der Waals surface area (Å²) in [4.78, 5) is 38.1. The van der Waals surface area contributed by atoms with Crippen LogP contribution in [0.25, 0.3) is 0 Å². The monoisotopic (exact) mass is 518 g/mol.